The van der Waals surface area contributed by atoms with Gasteiger partial charge in [-0.15, -0.1) is 0 Å². The first kappa shape index (κ1) is 12.3. The third-order valence-corrected chi connectivity index (χ3v) is 1.56. The molecule has 5 nitrogen and oxygen atoms in total. The Morgan fingerprint density at radius 3 is 2.62 bits per heavy atom. The fourth-order valence-corrected chi connectivity index (χ4v) is 0.866. The monoisotopic (exact) mass is 190 g/mol. The highest BCUT2D eigenvalue weighted by Gasteiger charge is 2.14. The summed E-state index contributed by atoms with van der Waals surface area (Å²) in [6, 6.07) is 0. The van der Waals surface area contributed by atoms with Gasteiger partial charge in [-0.2, -0.15) is 0 Å². The van der Waals surface area contributed by atoms with Gasteiger partial charge in [0.05, 0.1) is 13.2 Å². The van der Waals surface area contributed by atoms with Crippen LogP contribution in [0.5, 0.6) is 0 Å². The third-order valence-electron chi connectivity index (χ3n) is 1.56. The average molecular weight is 190 g/mol. The number of nitrogens with one attached hydrogen (secondary N) is 1. The quantitative estimate of drug-likeness (QED) is 0.252. The first-order valence-electron chi connectivity index (χ1n) is 4.46. The lowest BCUT2D eigenvalue weighted by Crippen LogP contribution is -2.40. The maximum Gasteiger partial charge on any atom is 0.262 e. The lowest BCUT2D eigenvalue weighted by molar-refractivity contribution is -0.134. The summed E-state index contributed by atoms with van der Waals surface area (Å²) >= 11 is 0. The van der Waals surface area contributed by atoms with Crippen molar-refractivity contribution in [3.63, 3.8) is 0 Å². The van der Waals surface area contributed by atoms with Crippen LogP contribution in [0, 0.1) is 0 Å². The minimum absolute atomic E-state index is 0.293. The minimum atomic E-state index is -0.467. The van der Waals surface area contributed by atoms with Crippen LogP contribution >= 0.6 is 0 Å². The van der Waals surface area contributed by atoms with Crippen molar-refractivity contribution in [1.82, 2.24) is 5.43 Å². The van der Waals surface area contributed by atoms with Crippen LogP contribution in [0.15, 0.2) is 0 Å². The van der Waals surface area contributed by atoms with E-state index in [0.29, 0.717) is 26.2 Å². The number of carbonyl (C=O) groups excluding carboxylic acids is 1. The first-order valence-corrected chi connectivity index (χ1v) is 4.46. The van der Waals surface area contributed by atoms with Crippen molar-refractivity contribution in [1.29, 1.82) is 0 Å². The molecule has 1 unspecified atom stereocenters. The number of rotatable bonds is 7. The van der Waals surface area contributed by atoms with E-state index in [1.54, 1.807) is 0 Å². The fraction of sp³-hybridized carbons (Fsp3) is 0.875. The Morgan fingerprint density at radius 1 is 1.46 bits per heavy atom. The summed E-state index contributed by atoms with van der Waals surface area (Å²) in [5, 5.41) is 0. The van der Waals surface area contributed by atoms with E-state index in [2.05, 4.69) is 5.43 Å². The lowest BCUT2D eigenvalue weighted by Gasteiger charge is -2.13. The van der Waals surface area contributed by atoms with Gasteiger partial charge in [-0.05, 0) is 13.3 Å². The molecule has 0 aromatic carbocycles. The van der Waals surface area contributed by atoms with Crippen molar-refractivity contribution in [3.05, 3.63) is 0 Å². The molecule has 0 radical (unpaired) electrons. The second-order valence-corrected chi connectivity index (χ2v) is 2.47. The first-order chi connectivity index (χ1) is 6.26. The predicted octanol–water partition coefficient (Wildman–Crippen LogP) is -0.192. The molecule has 0 heterocycles. The molecule has 0 aliphatic rings. The molecular formula is C8H18N2O3. The number of hydrogen-bond acceptors (Lipinski definition) is 4. The standard InChI is InChI=1S/C8H18N2O3/c1-3-7(8(11)10-9)13-6-5-12-4-2/h7H,3-6,9H2,1-2H3,(H,10,11). The van der Waals surface area contributed by atoms with Gasteiger partial charge in [0.2, 0.25) is 0 Å². The van der Waals surface area contributed by atoms with E-state index in [-0.39, 0.29) is 5.91 Å². The van der Waals surface area contributed by atoms with Gasteiger partial charge in [-0.1, -0.05) is 6.92 Å². The Labute approximate surface area is 78.5 Å². The van der Waals surface area contributed by atoms with Crippen LogP contribution in [0.1, 0.15) is 20.3 Å². The van der Waals surface area contributed by atoms with Crippen LogP contribution in [0.2, 0.25) is 0 Å². The zero-order valence-electron chi connectivity index (χ0n) is 8.21. The number of amides is 1. The van der Waals surface area contributed by atoms with Gasteiger partial charge in [0.1, 0.15) is 6.10 Å². The largest absolute Gasteiger partial charge is 0.379 e. The zero-order valence-corrected chi connectivity index (χ0v) is 8.21. The Balaban J connectivity index is 3.53. The Kier molecular flexibility index (Phi) is 7.57. The van der Waals surface area contributed by atoms with Crippen molar-refractivity contribution in [3.8, 4) is 0 Å². The third kappa shape index (κ3) is 5.57. The van der Waals surface area contributed by atoms with Crippen molar-refractivity contribution in [2.45, 2.75) is 26.4 Å². The van der Waals surface area contributed by atoms with Crippen LogP contribution in [-0.2, 0) is 14.3 Å². The topological polar surface area (TPSA) is 73.6 Å². The van der Waals surface area contributed by atoms with Crippen molar-refractivity contribution < 1.29 is 14.3 Å². The number of ether oxygens (including phenoxy) is 2. The summed E-state index contributed by atoms with van der Waals surface area (Å²) in [4.78, 5) is 11.0. The minimum Gasteiger partial charge on any atom is -0.379 e. The zero-order chi connectivity index (χ0) is 10.1. The Morgan fingerprint density at radius 2 is 2.15 bits per heavy atom. The molecule has 78 valence electrons. The highest BCUT2D eigenvalue weighted by Crippen LogP contribution is 1.97. The average Bonchev–Trinajstić information content (AvgIpc) is 2.17. The molecule has 0 saturated heterocycles. The van der Waals surface area contributed by atoms with Gasteiger partial charge in [-0.25, -0.2) is 5.84 Å². The van der Waals surface area contributed by atoms with Gasteiger partial charge in [0.25, 0.3) is 5.91 Å². The van der Waals surface area contributed by atoms with Crippen molar-refractivity contribution in [2.24, 2.45) is 5.84 Å². The lowest BCUT2D eigenvalue weighted by atomic mass is 10.2. The molecule has 13 heavy (non-hydrogen) atoms. The van der Waals surface area contributed by atoms with Crippen LogP contribution in [0.25, 0.3) is 0 Å². The predicted molar refractivity (Wildman–Crippen MR) is 48.9 cm³/mol. The van der Waals surface area contributed by atoms with E-state index in [1.165, 1.54) is 0 Å². The highest BCUT2D eigenvalue weighted by atomic mass is 16.5. The van der Waals surface area contributed by atoms with Crippen molar-refractivity contribution in [2.75, 3.05) is 19.8 Å². The molecule has 0 rings (SSSR count). The van der Waals surface area contributed by atoms with E-state index in [9.17, 15) is 4.79 Å². The smallest absolute Gasteiger partial charge is 0.262 e. The summed E-state index contributed by atoms with van der Waals surface area (Å²) < 4.78 is 10.3. The van der Waals surface area contributed by atoms with Crippen molar-refractivity contribution >= 4 is 5.91 Å². The molecular weight excluding hydrogens is 172 g/mol. The number of nitrogens with two attached hydrogens (primary N) is 1. The summed E-state index contributed by atoms with van der Waals surface area (Å²) in [5.41, 5.74) is 2.05. The number of hydrazine groups is 1. The van der Waals surface area contributed by atoms with Crippen LogP contribution < -0.4 is 11.3 Å². The second kappa shape index (κ2) is 7.97. The van der Waals surface area contributed by atoms with Gasteiger partial charge < -0.3 is 9.47 Å². The molecule has 0 aliphatic carbocycles. The van der Waals surface area contributed by atoms with Gasteiger partial charge in [-0.3, -0.25) is 10.2 Å². The summed E-state index contributed by atoms with van der Waals surface area (Å²) in [6.45, 7) is 5.35. The van der Waals surface area contributed by atoms with E-state index in [1.807, 2.05) is 13.8 Å². The summed E-state index contributed by atoms with van der Waals surface area (Å²) in [6.07, 6.45) is 0.139. The number of hydrogen-bond donors (Lipinski definition) is 2. The van der Waals surface area contributed by atoms with Gasteiger partial charge >= 0.3 is 0 Å². The molecule has 0 bridgehead atoms. The maximum absolute atomic E-state index is 11.0. The molecule has 0 spiro atoms. The highest BCUT2D eigenvalue weighted by molar-refractivity contribution is 5.79. The van der Waals surface area contributed by atoms with E-state index < -0.39 is 6.10 Å². The molecule has 0 aromatic heterocycles. The number of carbonyl (C=O) groups is 1. The van der Waals surface area contributed by atoms with Crippen LogP contribution in [0.4, 0.5) is 0 Å². The summed E-state index contributed by atoms with van der Waals surface area (Å²) in [5.74, 6) is 4.68. The van der Waals surface area contributed by atoms with E-state index >= 15 is 0 Å². The maximum atomic E-state index is 11.0. The van der Waals surface area contributed by atoms with Crippen LogP contribution in [-0.4, -0.2) is 31.8 Å². The second-order valence-electron chi connectivity index (χ2n) is 2.47. The van der Waals surface area contributed by atoms with Crippen LogP contribution in [0.3, 0.4) is 0 Å². The molecule has 0 aromatic rings. The molecule has 5 heteroatoms. The molecule has 0 aliphatic heterocycles. The van der Waals surface area contributed by atoms with E-state index in [0.717, 1.165) is 0 Å². The van der Waals surface area contributed by atoms with Gasteiger partial charge in [0, 0.05) is 6.61 Å². The fourth-order valence-electron chi connectivity index (χ4n) is 0.866. The van der Waals surface area contributed by atoms with E-state index in [4.69, 9.17) is 15.3 Å². The molecule has 0 fully saturated rings. The Hall–Kier alpha value is -0.650. The summed E-state index contributed by atoms with van der Waals surface area (Å²) in [7, 11) is 0. The van der Waals surface area contributed by atoms with Gasteiger partial charge in [0.15, 0.2) is 0 Å². The molecule has 0 saturated carbocycles. The molecule has 1 atom stereocenters. The Bertz CT molecular complexity index is 141. The molecule has 3 N–H and O–H groups in total. The SMILES string of the molecule is CCOCCOC(CC)C(=O)NN. The molecule has 1 amide bonds. The normalized spacial score (nSPS) is 12.5.